The van der Waals surface area contributed by atoms with Crippen LogP contribution in [0.3, 0.4) is 0 Å². The maximum absolute atomic E-state index is 12.2. The number of guanidine groups is 1. The van der Waals surface area contributed by atoms with Gasteiger partial charge in [0, 0.05) is 39.3 Å². The summed E-state index contributed by atoms with van der Waals surface area (Å²) in [6.45, 7) is 1.55. The number of aliphatic imine (C=N–C) groups is 1. The molecule has 0 fully saturated rings. The zero-order valence-electron chi connectivity index (χ0n) is 12.1. The lowest BCUT2D eigenvalue weighted by Crippen LogP contribution is -2.36. The largest absolute Gasteiger partial charge is 0.359 e. The number of benzene rings is 1. The van der Waals surface area contributed by atoms with Crippen LogP contribution >= 0.6 is 0 Å². The molecule has 0 aromatic heterocycles. The highest BCUT2D eigenvalue weighted by molar-refractivity contribution is 5.95. The highest BCUT2D eigenvalue weighted by Crippen LogP contribution is 2.27. The molecule has 0 spiro atoms. The summed E-state index contributed by atoms with van der Waals surface area (Å²) in [5.41, 5.74) is 2.35. The SMILES string of the molecule is CN=C(NC)NCCCC(=O)N1CCc2ccccc21. The van der Waals surface area contributed by atoms with E-state index in [2.05, 4.69) is 21.7 Å². The van der Waals surface area contributed by atoms with E-state index in [0.717, 1.165) is 37.6 Å². The number of carbonyl (C=O) groups is 1. The molecule has 0 radical (unpaired) electrons. The van der Waals surface area contributed by atoms with Crippen molar-refractivity contribution in [1.29, 1.82) is 0 Å². The second-order valence-electron chi connectivity index (χ2n) is 4.78. The number of hydrogen-bond donors (Lipinski definition) is 2. The minimum absolute atomic E-state index is 0.205. The van der Waals surface area contributed by atoms with Crippen molar-refractivity contribution in [2.75, 3.05) is 32.1 Å². The van der Waals surface area contributed by atoms with E-state index >= 15 is 0 Å². The first-order valence-corrected chi connectivity index (χ1v) is 7.03. The molecule has 20 heavy (non-hydrogen) atoms. The Hall–Kier alpha value is -2.04. The summed E-state index contributed by atoms with van der Waals surface area (Å²) in [6, 6.07) is 8.14. The first-order valence-electron chi connectivity index (χ1n) is 7.03. The van der Waals surface area contributed by atoms with E-state index in [9.17, 15) is 4.79 Å². The zero-order valence-corrected chi connectivity index (χ0v) is 12.1. The van der Waals surface area contributed by atoms with Gasteiger partial charge in [0.25, 0.3) is 0 Å². The van der Waals surface area contributed by atoms with Gasteiger partial charge in [-0.25, -0.2) is 0 Å². The molecule has 108 valence electrons. The summed E-state index contributed by atoms with van der Waals surface area (Å²) in [5.74, 6) is 0.958. The number of amides is 1. The maximum Gasteiger partial charge on any atom is 0.227 e. The van der Waals surface area contributed by atoms with Crippen LogP contribution < -0.4 is 15.5 Å². The van der Waals surface area contributed by atoms with Crippen LogP contribution in [0.4, 0.5) is 5.69 Å². The molecule has 1 aromatic rings. The van der Waals surface area contributed by atoms with Gasteiger partial charge in [-0.1, -0.05) is 18.2 Å². The van der Waals surface area contributed by atoms with Gasteiger partial charge in [-0.3, -0.25) is 9.79 Å². The van der Waals surface area contributed by atoms with Crippen LogP contribution in [0, 0.1) is 0 Å². The van der Waals surface area contributed by atoms with Crippen molar-refractivity contribution in [2.45, 2.75) is 19.3 Å². The van der Waals surface area contributed by atoms with Crippen LogP contribution in [-0.4, -0.2) is 39.1 Å². The number of fused-ring (bicyclic) bond motifs is 1. The minimum Gasteiger partial charge on any atom is -0.359 e. The molecule has 2 N–H and O–H groups in total. The predicted molar refractivity (Wildman–Crippen MR) is 82.2 cm³/mol. The minimum atomic E-state index is 0.205. The number of nitrogens with zero attached hydrogens (tertiary/aromatic N) is 2. The summed E-state index contributed by atoms with van der Waals surface area (Å²) >= 11 is 0. The first kappa shape index (κ1) is 14.4. The van der Waals surface area contributed by atoms with Gasteiger partial charge in [-0.05, 0) is 24.5 Å². The van der Waals surface area contributed by atoms with Crippen LogP contribution in [0.1, 0.15) is 18.4 Å². The number of hydrogen-bond acceptors (Lipinski definition) is 2. The van der Waals surface area contributed by atoms with Gasteiger partial charge in [0.15, 0.2) is 5.96 Å². The van der Waals surface area contributed by atoms with Crippen molar-refractivity contribution in [2.24, 2.45) is 4.99 Å². The molecule has 0 unspecified atom stereocenters. The fourth-order valence-electron chi connectivity index (χ4n) is 2.46. The molecule has 1 aliphatic rings. The van der Waals surface area contributed by atoms with Crippen LogP contribution in [0.2, 0.25) is 0 Å². The molecule has 0 atom stereocenters. The second-order valence-corrected chi connectivity index (χ2v) is 4.78. The van der Waals surface area contributed by atoms with E-state index in [1.807, 2.05) is 30.1 Å². The number of rotatable bonds is 4. The predicted octanol–water partition coefficient (Wildman–Crippen LogP) is 1.15. The van der Waals surface area contributed by atoms with E-state index in [4.69, 9.17) is 0 Å². The molecule has 0 saturated heterocycles. The van der Waals surface area contributed by atoms with Crippen LogP contribution in [0.5, 0.6) is 0 Å². The summed E-state index contributed by atoms with van der Waals surface area (Å²) in [7, 11) is 3.55. The summed E-state index contributed by atoms with van der Waals surface area (Å²) in [5, 5.41) is 6.10. The first-order chi connectivity index (χ1) is 9.76. The van der Waals surface area contributed by atoms with Crippen molar-refractivity contribution in [3.05, 3.63) is 29.8 Å². The molecule has 5 heteroatoms. The number of nitrogens with one attached hydrogen (secondary N) is 2. The van der Waals surface area contributed by atoms with E-state index in [1.54, 1.807) is 7.05 Å². The molecule has 1 aliphatic heterocycles. The fraction of sp³-hybridized carbons (Fsp3) is 0.467. The highest BCUT2D eigenvalue weighted by atomic mass is 16.2. The Morgan fingerprint density at radius 3 is 2.95 bits per heavy atom. The number of para-hydroxylation sites is 1. The van der Waals surface area contributed by atoms with Crippen molar-refractivity contribution in [1.82, 2.24) is 10.6 Å². The van der Waals surface area contributed by atoms with Crippen LogP contribution in [-0.2, 0) is 11.2 Å². The lowest BCUT2D eigenvalue weighted by molar-refractivity contribution is -0.118. The Kier molecular flexibility index (Phi) is 4.98. The lowest BCUT2D eigenvalue weighted by atomic mass is 10.2. The maximum atomic E-state index is 12.2. The molecular weight excluding hydrogens is 252 g/mol. The summed E-state index contributed by atoms with van der Waals surface area (Å²) in [6.07, 6.45) is 2.33. The number of carbonyl (C=O) groups excluding carboxylic acids is 1. The zero-order chi connectivity index (χ0) is 14.4. The smallest absolute Gasteiger partial charge is 0.227 e. The molecule has 0 saturated carbocycles. The van der Waals surface area contributed by atoms with E-state index in [1.165, 1.54) is 5.56 Å². The molecular formula is C15H22N4O. The van der Waals surface area contributed by atoms with Crippen molar-refractivity contribution < 1.29 is 4.79 Å². The topological polar surface area (TPSA) is 56.7 Å². The van der Waals surface area contributed by atoms with Gasteiger partial charge in [-0.15, -0.1) is 0 Å². The fourth-order valence-corrected chi connectivity index (χ4v) is 2.46. The second kappa shape index (κ2) is 6.93. The molecule has 2 rings (SSSR count). The quantitative estimate of drug-likeness (QED) is 0.492. The Morgan fingerprint density at radius 1 is 1.40 bits per heavy atom. The van der Waals surface area contributed by atoms with Gasteiger partial charge in [0.05, 0.1) is 0 Å². The van der Waals surface area contributed by atoms with Gasteiger partial charge in [0.1, 0.15) is 0 Å². The Morgan fingerprint density at radius 2 is 2.20 bits per heavy atom. The van der Waals surface area contributed by atoms with Crippen molar-refractivity contribution in [3.8, 4) is 0 Å². The monoisotopic (exact) mass is 274 g/mol. The third-order valence-electron chi connectivity index (χ3n) is 3.51. The van der Waals surface area contributed by atoms with Gasteiger partial charge in [0.2, 0.25) is 5.91 Å². The molecule has 1 aromatic carbocycles. The van der Waals surface area contributed by atoms with E-state index < -0.39 is 0 Å². The lowest BCUT2D eigenvalue weighted by Gasteiger charge is -2.17. The Balaban J connectivity index is 1.79. The third-order valence-corrected chi connectivity index (χ3v) is 3.51. The Labute approximate surface area is 120 Å². The molecule has 1 heterocycles. The number of anilines is 1. The molecule has 0 aliphatic carbocycles. The third kappa shape index (κ3) is 3.29. The van der Waals surface area contributed by atoms with Gasteiger partial charge >= 0.3 is 0 Å². The Bertz CT molecular complexity index is 498. The van der Waals surface area contributed by atoms with Crippen molar-refractivity contribution in [3.63, 3.8) is 0 Å². The van der Waals surface area contributed by atoms with Crippen molar-refractivity contribution >= 4 is 17.6 Å². The normalized spacial score (nSPS) is 14.1. The van der Waals surface area contributed by atoms with E-state index in [0.29, 0.717) is 6.42 Å². The highest BCUT2D eigenvalue weighted by Gasteiger charge is 2.23. The van der Waals surface area contributed by atoms with E-state index in [-0.39, 0.29) is 5.91 Å². The van der Waals surface area contributed by atoms with Crippen LogP contribution in [0.25, 0.3) is 0 Å². The molecule has 5 nitrogen and oxygen atoms in total. The van der Waals surface area contributed by atoms with Gasteiger partial charge < -0.3 is 15.5 Å². The summed E-state index contributed by atoms with van der Waals surface area (Å²) < 4.78 is 0. The van der Waals surface area contributed by atoms with Crippen LogP contribution in [0.15, 0.2) is 29.3 Å². The average Bonchev–Trinajstić information content (AvgIpc) is 2.91. The average molecular weight is 274 g/mol. The molecule has 0 bridgehead atoms. The summed E-state index contributed by atoms with van der Waals surface area (Å²) in [4.78, 5) is 18.2. The molecule has 1 amide bonds. The standard InChI is InChI=1S/C15H22N4O/c1-16-15(17-2)18-10-5-8-14(20)19-11-9-12-6-3-4-7-13(12)19/h3-4,6-7H,5,8-11H2,1-2H3,(H2,16,17,18). The van der Waals surface area contributed by atoms with Gasteiger partial charge in [-0.2, -0.15) is 0 Å².